The smallest absolute Gasteiger partial charge is 0.0110 e. The zero-order valence-corrected chi connectivity index (χ0v) is 12.0. The summed E-state index contributed by atoms with van der Waals surface area (Å²) in [6.07, 6.45) is 13.4. The van der Waals surface area contributed by atoms with E-state index in [4.69, 9.17) is 0 Å². The fraction of sp³-hybridized carbons (Fsp3) is 1.00. The first-order chi connectivity index (χ1) is 8.86. The van der Waals surface area contributed by atoms with Crippen molar-refractivity contribution in [2.24, 2.45) is 5.41 Å². The number of likely N-dealkylation sites (tertiary alicyclic amines) is 2. The molecular formula is C16H30N2. The highest BCUT2D eigenvalue weighted by molar-refractivity contribution is 4.91. The van der Waals surface area contributed by atoms with E-state index in [0.717, 1.165) is 5.41 Å². The third-order valence-corrected chi connectivity index (χ3v) is 5.61. The zero-order valence-electron chi connectivity index (χ0n) is 12.0. The standard InChI is InChI=1S/C16H30N2/c1-3-7-16(8-4-1)9-12-18(15-16)14-13-17-10-5-2-6-11-17/h1-15H2. The van der Waals surface area contributed by atoms with Gasteiger partial charge in [0.1, 0.15) is 0 Å². The molecule has 1 aliphatic carbocycles. The summed E-state index contributed by atoms with van der Waals surface area (Å²) in [5.74, 6) is 0. The first kappa shape index (κ1) is 12.9. The van der Waals surface area contributed by atoms with Gasteiger partial charge >= 0.3 is 0 Å². The van der Waals surface area contributed by atoms with Gasteiger partial charge in [-0.2, -0.15) is 0 Å². The maximum atomic E-state index is 2.76. The number of nitrogens with zero attached hydrogens (tertiary/aromatic N) is 2. The third kappa shape index (κ3) is 3.08. The van der Waals surface area contributed by atoms with Crippen LogP contribution in [0, 0.1) is 5.41 Å². The Morgan fingerprint density at radius 2 is 1.28 bits per heavy atom. The quantitative estimate of drug-likeness (QED) is 0.759. The predicted molar refractivity (Wildman–Crippen MR) is 76.9 cm³/mol. The van der Waals surface area contributed by atoms with Crippen LogP contribution >= 0.6 is 0 Å². The van der Waals surface area contributed by atoms with Crippen molar-refractivity contribution in [2.75, 3.05) is 39.3 Å². The molecule has 2 aliphatic heterocycles. The average molecular weight is 250 g/mol. The molecular weight excluding hydrogens is 220 g/mol. The van der Waals surface area contributed by atoms with Crippen LogP contribution in [0.3, 0.4) is 0 Å². The molecule has 0 N–H and O–H groups in total. The summed E-state index contributed by atoms with van der Waals surface area (Å²) in [5.41, 5.74) is 0.750. The van der Waals surface area contributed by atoms with Crippen LogP contribution in [-0.4, -0.2) is 49.1 Å². The lowest BCUT2D eigenvalue weighted by Crippen LogP contribution is -2.38. The Morgan fingerprint density at radius 1 is 0.611 bits per heavy atom. The van der Waals surface area contributed by atoms with Crippen LogP contribution in [0.25, 0.3) is 0 Å². The van der Waals surface area contributed by atoms with Crippen LogP contribution in [0.2, 0.25) is 0 Å². The van der Waals surface area contributed by atoms with Gasteiger partial charge in [0.25, 0.3) is 0 Å². The topological polar surface area (TPSA) is 6.48 Å². The van der Waals surface area contributed by atoms with Crippen molar-refractivity contribution in [3.05, 3.63) is 0 Å². The van der Waals surface area contributed by atoms with Crippen LogP contribution in [0.15, 0.2) is 0 Å². The van der Waals surface area contributed by atoms with E-state index in [9.17, 15) is 0 Å². The summed E-state index contributed by atoms with van der Waals surface area (Å²) in [5, 5.41) is 0. The normalized spacial score (nSPS) is 30.0. The summed E-state index contributed by atoms with van der Waals surface area (Å²) in [7, 11) is 0. The molecule has 2 heterocycles. The van der Waals surface area contributed by atoms with Crippen molar-refractivity contribution in [3.8, 4) is 0 Å². The van der Waals surface area contributed by atoms with Crippen molar-refractivity contribution in [3.63, 3.8) is 0 Å². The van der Waals surface area contributed by atoms with Gasteiger partial charge in [-0.05, 0) is 57.2 Å². The van der Waals surface area contributed by atoms with E-state index in [1.807, 2.05) is 0 Å². The molecule has 3 aliphatic rings. The molecule has 0 atom stereocenters. The lowest BCUT2D eigenvalue weighted by Gasteiger charge is -2.34. The molecule has 104 valence electrons. The van der Waals surface area contributed by atoms with E-state index in [0.29, 0.717) is 0 Å². The maximum Gasteiger partial charge on any atom is 0.0110 e. The van der Waals surface area contributed by atoms with Crippen molar-refractivity contribution >= 4 is 0 Å². The van der Waals surface area contributed by atoms with Crippen molar-refractivity contribution in [2.45, 2.75) is 57.8 Å². The Kier molecular flexibility index (Phi) is 4.25. The minimum atomic E-state index is 0.750. The van der Waals surface area contributed by atoms with Gasteiger partial charge in [0.2, 0.25) is 0 Å². The third-order valence-electron chi connectivity index (χ3n) is 5.61. The van der Waals surface area contributed by atoms with E-state index >= 15 is 0 Å². The maximum absolute atomic E-state index is 2.76. The number of hydrogen-bond donors (Lipinski definition) is 0. The molecule has 1 saturated carbocycles. The Bertz CT molecular complexity index is 252. The fourth-order valence-electron chi connectivity index (χ4n) is 4.39. The highest BCUT2D eigenvalue weighted by Gasteiger charge is 2.38. The van der Waals surface area contributed by atoms with Gasteiger partial charge in [-0.3, -0.25) is 0 Å². The molecule has 3 rings (SSSR count). The van der Waals surface area contributed by atoms with E-state index in [-0.39, 0.29) is 0 Å². The molecule has 2 heteroatoms. The molecule has 2 nitrogen and oxygen atoms in total. The molecule has 0 aromatic carbocycles. The Hall–Kier alpha value is -0.0800. The van der Waals surface area contributed by atoms with E-state index in [2.05, 4.69) is 9.80 Å². The van der Waals surface area contributed by atoms with Gasteiger partial charge in [0.05, 0.1) is 0 Å². The summed E-state index contributed by atoms with van der Waals surface area (Å²) >= 11 is 0. The monoisotopic (exact) mass is 250 g/mol. The van der Waals surface area contributed by atoms with Crippen molar-refractivity contribution in [1.82, 2.24) is 9.80 Å². The largest absolute Gasteiger partial charge is 0.302 e. The first-order valence-corrected chi connectivity index (χ1v) is 8.31. The highest BCUT2D eigenvalue weighted by Crippen LogP contribution is 2.43. The fourth-order valence-corrected chi connectivity index (χ4v) is 4.39. The van der Waals surface area contributed by atoms with Crippen molar-refractivity contribution in [1.29, 1.82) is 0 Å². The van der Waals surface area contributed by atoms with Crippen molar-refractivity contribution < 1.29 is 0 Å². The molecule has 2 saturated heterocycles. The second-order valence-electron chi connectivity index (χ2n) is 6.99. The van der Waals surface area contributed by atoms with E-state index in [1.54, 1.807) is 0 Å². The second-order valence-corrected chi connectivity index (χ2v) is 6.99. The Labute approximate surface area is 113 Å². The van der Waals surface area contributed by atoms with Gasteiger partial charge in [0, 0.05) is 19.6 Å². The summed E-state index contributed by atoms with van der Waals surface area (Å²) in [4.78, 5) is 5.45. The lowest BCUT2D eigenvalue weighted by atomic mass is 9.73. The molecule has 0 amide bonds. The predicted octanol–water partition coefficient (Wildman–Crippen LogP) is 3.13. The second kappa shape index (κ2) is 5.92. The number of hydrogen-bond acceptors (Lipinski definition) is 2. The summed E-state index contributed by atoms with van der Waals surface area (Å²) in [6.45, 7) is 8.18. The van der Waals surface area contributed by atoms with Gasteiger partial charge in [-0.15, -0.1) is 0 Å². The van der Waals surface area contributed by atoms with Crippen LogP contribution in [0.4, 0.5) is 0 Å². The molecule has 0 bridgehead atoms. The van der Waals surface area contributed by atoms with E-state index < -0.39 is 0 Å². The average Bonchev–Trinajstić information content (AvgIpc) is 2.82. The molecule has 18 heavy (non-hydrogen) atoms. The first-order valence-electron chi connectivity index (χ1n) is 8.31. The van der Waals surface area contributed by atoms with Crippen LogP contribution in [0.5, 0.6) is 0 Å². The Morgan fingerprint density at radius 3 is 2.06 bits per heavy atom. The number of piperidine rings is 1. The number of rotatable bonds is 3. The lowest BCUT2D eigenvalue weighted by molar-refractivity contribution is 0.164. The SMILES string of the molecule is C1CCN(CCN2CCC3(CCCCC3)C2)CC1. The molecule has 0 unspecified atom stereocenters. The minimum Gasteiger partial charge on any atom is -0.302 e. The van der Waals surface area contributed by atoms with Gasteiger partial charge < -0.3 is 9.80 Å². The molecule has 0 aromatic rings. The minimum absolute atomic E-state index is 0.750. The van der Waals surface area contributed by atoms with Gasteiger partial charge in [-0.25, -0.2) is 0 Å². The summed E-state index contributed by atoms with van der Waals surface area (Å²) in [6, 6.07) is 0. The van der Waals surface area contributed by atoms with E-state index in [1.165, 1.54) is 97.1 Å². The molecule has 0 aromatic heterocycles. The van der Waals surface area contributed by atoms with Crippen LogP contribution < -0.4 is 0 Å². The van der Waals surface area contributed by atoms with Gasteiger partial charge in [-0.1, -0.05) is 25.7 Å². The zero-order chi connectivity index (χ0) is 12.3. The van der Waals surface area contributed by atoms with Gasteiger partial charge in [0.15, 0.2) is 0 Å². The molecule has 3 fully saturated rings. The Balaban J connectivity index is 1.41. The molecule has 1 spiro atoms. The highest BCUT2D eigenvalue weighted by atomic mass is 15.2. The molecule has 0 radical (unpaired) electrons. The van der Waals surface area contributed by atoms with Crippen LogP contribution in [0.1, 0.15) is 57.8 Å². The van der Waals surface area contributed by atoms with Crippen LogP contribution in [-0.2, 0) is 0 Å². The summed E-state index contributed by atoms with van der Waals surface area (Å²) < 4.78 is 0.